The first kappa shape index (κ1) is 9.75. The van der Waals surface area contributed by atoms with E-state index in [0.29, 0.717) is 0 Å². The van der Waals surface area contributed by atoms with Crippen molar-refractivity contribution < 1.29 is 0 Å². The minimum absolute atomic E-state index is 1.13. The van der Waals surface area contributed by atoms with Crippen LogP contribution in [0.1, 0.15) is 13.8 Å². The molecule has 2 heteroatoms. The summed E-state index contributed by atoms with van der Waals surface area (Å²) >= 11 is 0. The molecule has 0 N–H and O–H groups in total. The lowest BCUT2D eigenvalue weighted by molar-refractivity contribution is 0.148. The van der Waals surface area contributed by atoms with E-state index in [1.54, 1.807) is 0 Å². The first-order valence-corrected chi connectivity index (χ1v) is 4.92. The lowest BCUT2D eigenvalue weighted by Gasteiger charge is -2.33. The van der Waals surface area contributed by atoms with E-state index in [-0.39, 0.29) is 0 Å². The van der Waals surface area contributed by atoms with Crippen LogP contribution in [0.3, 0.4) is 0 Å². The predicted molar refractivity (Wildman–Crippen MR) is 53.4 cm³/mol. The molecule has 0 aliphatic carbocycles. The molecule has 1 fully saturated rings. The van der Waals surface area contributed by atoms with E-state index >= 15 is 0 Å². The lowest BCUT2D eigenvalue weighted by atomic mass is 10.3. The van der Waals surface area contributed by atoms with Crippen LogP contribution in [0.4, 0.5) is 0 Å². The van der Waals surface area contributed by atoms with Gasteiger partial charge in [-0.05, 0) is 13.5 Å². The number of rotatable bonds is 3. The Hall–Kier alpha value is -0.340. The van der Waals surface area contributed by atoms with E-state index in [1.807, 2.05) is 0 Å². The van der Waals surface area contributed by atoms with Gasteiger partial charge in [0.1, 0.15) is 0 Å². The zero-order chi connectivity index (χ0) is 8.81. The number of piperazine rings is 1. The van der Waals surface area contributed by atoms with Gasteiger partial charge in [-0.15, -0.1) is 0 Å². The maximum atomic E-state index is 2.51. The summed E-state index contributed by atoms with van der Waals surface area (Å²) in [4.78, 5) is 5.01. The van der Waals surface area contributed by atoms with Gasteiger partial charge in [0, 0.05) is 32.7 Å². The maximum absolute atomic E-state index is 2.51. The van der Waals surface area contributed by atoms with E-state index in [4.69, 9.17) is 0 Å². The molecule has 70 valence electrons. The molecule has 1 aliphatic rings. The van der Waals surface area contributed by atoms with Gasteiger partial charge in [-0.2, -0.15) is 0 Å². The van der Waals surface area contributed by atoms with E-state index in [1.165, 1.54) is 32.7 Å². The average Bonchev–Trinajstić information content (AvgIpc) is 2.15. The van der Waals surface area contributed by atoms with Crippen molar-refractivity contribution >= 4 is 0 Å². The lowest BCUT2D eigenvalue weighted by Crippen LogP contribution is -2.45. The van der Waals surface area contributed by atoms with Gasteiger partial charge in [-0.25, -0.2) is 0 Å². The molecule has 1 saturated heterocycles. The summed E-state index contributed by atoms with van der Waals surface area (Å²) in [5.74, 6) is 0. The van der Waals surface area contributed by atoms with Crippen LogP contribution in [0.15, 0.2) is 12.2 Å². The average molecular weight is 168 g/mol. The van der Waals surface area contributed by atoms with Crippen molar-refractivity contribution in [2.45, 2.75) is 13.8 Å². The quantitative estimate of drug-likeness (QED) is 0.584. The van der Waals surface area contributed by atoms with Crippen LogP contribution in [-0.2, 0) is 0 Å². The van der Waals surface area contributed by atoms with Crippen molar-refractivity contribution in [3.8, 4) is 0 Å². The van der Waals surface area contributed by atoms with Crippen LogP contribution in [-0.4, -0.2) is 49.1 Å². The normalized spacial score (nSPS) is 22.2. The smallest absolute Gasteiger partial charge is 0.0164 e. The highest BCUT2D eigenvalue weighted by atomic mass is 15.2. The second-order valence-corrected chi connectivity index (χ2v) is 3.30. The Kier molecular flexibility index (Phi) is 4.33. The Labute approximate surface area is 75.8 Å². The largest absolute Gasteiger partial charge is 0.301 e. The second kappa shape index (κ2) is 5.33. The SMILES string of the molecule is C/C=C/CN1CCN(CC)CC1. The highest BCUT2D eigenvalue weighted by molar-refractivity contribution is 4.83. The molecule has 0 aromatic rings. The summed E-state index contributed by atoms with van der Waals surface area (Å²) in [6.07, 6.45) is 4.37. The van der Waals surface area contributed by atoms with E-state index in [9.17, 15) is 0 Å². The highest BCUT2D eigenvalue weighted by Crippen LogP contribution is 2.00. The Morgan fingerprint density at radius 2 is 1.67 bits per heavy atom. The molecule has 1 aliphatic heterocycles. The molecule has 0 amide bonds. The molecule has 0 atom stereocenters. The monoisotopic (exact) mass is 168 g/mol. The van der Waals surface area contributed by atoms with Gasteiger partial charge in [0.05, 0.1) is 0 Å². The molecule has 0 saturated carbocycles. The molecule has 2 nitrogen and oxygen atoms in total. The minimum Gasteiger partial charge on any atom is -0.301 e. The third-order valence-corrected chi connectivity index (χ3v) is 2.51. The van der Waals surface area contributed by atoms with Crippen LogP contribution in [0.5, 0.6) is 0 Å². The topological polar surface area (TPSA) is 6.48 Å². The molecule has 0 aromatic heterocycles. The summed E-state index contributed by atoms with van der Waals surface area (Å²) in [6.45, 7) is 11.6. The fourth-order valence-electron chi connectivity index (χ4n) is 1.54. The van der Waals surface area contributed by atoms with E-state index in [2.05, 4.69) is 35.8 Å². The maximum Gasteiger partial charge on any atom is 0.0164 e. The number of allylic oxidation sites excluding steroid dienone is 1. The fourth-order valence-corrected chi connectivity index (χ4v) is 1.54. The number of nitrogens with zero attached hydrogens (tertiary/aromatic N) is 2. The van der Waals surface area contributed by atoms with Gasteiger partial charge in [-0.1, -0.05) is 19.1 Å². The molecular weight excluding hydrogens is 148 g/mol. The van der Waals surface area contributed by atoms with Crippen molar-refractivity contribution in [1.82, 2.24) is 9.80 Å². The Morgan fingerprint density at radius 1 is 1.08 bits per heavy atom. The molecule has 1 rings (SSSR count). The van der Waals surface area contributed by atoms with E-state index in [0.717, 1.165) is 6.54 Å². The molecule has 12 heavy (non-hydrogen) atoms. The van der Waals surface area contributed by atoms with Crippen molar-refractivity contribution in [1.29, 1.82) is 0 Å². The highest BCUT2D eigenvalue weighted by Gasteiger charge is 2.13. The molecule has 1 heterocycles. The molecule has 0 radical (unpaired) electrons. The predicted octanol–water partition coefficient (Wildman–Crippen LogP) is 1.20. The summed E-state index contributed by atoms with van der Waals surface area (Å²) in [7, 11) is 0. The van der Waals surface area contributed by atoms with Crippen LogP contribution in [0, 0.1) is 0 Å². The van der Waals surface area contributed by atoms with Crippen LogP contribution in [0.25, 0.3) is 0 Å². The summed E-state index contributed by atoms with van der Waals surface area (Å²) in [6, 6.07) is 0. The summed E-state index contributed by atoms with van der Waals surface area (Å²) in [5, 5.41) is 0. The van der Waals surface area contributed by atoms with Gasteiger partial charge in [0.2, 0.25) is 0 Å². The number of likely N-dealkylation sites (N-methyl/N-ethyl adjacent to an activating group) is 1. The molecular formula is C10H20N2. The Balaban J connectivity index is 2.17. The molecule has 0 bridgehead atoms. The molecule has 0 aromatic carbocycles. The zero-order valence-electron chi connectivity index (χ0n) is 8.29. The first-order chi connectivity index (χ1) is 5.86. The van der Waals surface area contributed by atoms with E-state index < -0.39 is 0 Å². The zero-order valence-corrected chi connectivity index (χ0v) is 8.29. The van der Waals surface area contributed by atoms with Gasteiger partial charge in [0.25, 0.3) is 0 Å². The third-order valence-electron chi connectivity index (χ3n) is 2.51. The Bertz CT molecular complexity index is 135. The van der Waals surface area contributed by atoms with Crippen LogP contribution in [0.2, 0.25) is 0 Å². The summed E-state index contributed by atoms with van der Waals surface area (Å²) < 4.78 is 0. The minimum atomic E-state index is 1.13. The van der Waals surface area contributed by atoms with Gasteiger partial charge >= 0.3 is 0 Å². The summed E-state index contributed by atoms with van der Waals surface area (Å²) in [5.41, 5.74) is 0. The van der Waals surface area contributed by atoms with Crippen molar-refractivity contribution in [2.24, 2.45) is 0 Å². The fraction of sp³-hybridized carbons (Fsp3) is 0.800. The van der Waals surface area contributed by atoms with Gasteiger partial charge in [0.15, 0.2) is 0 Å². The first-order valence-electron chi connectivity index (χ1n) is 4.92. The second-order valence-electron chi connectivity index (χ2n) is 3.30. The van der Waals surface area contributed by atoms with Crippen molar-refractivity contribution in [3.05, 3.63) is 12.2 Å². The Morgan fingerprint density at radius 3 is 2.17 bits per heavy atom. The standard InChI is InChI=1S/C10H20N2/c1-3-5-6-12-9-7-11(4-2)8-10-12/h3,5H,4,6-10H2,1-2H3/b5-3+. The van der Waals surface area contributed by atoms with Gasteiger partial charge < -0.3 is 4.90 Å². The van der Waals surface area contributed by atoms with Crippen molar-refractivity contribution in [2.75, 3.05) is 39.3 Å². The van der Waals surface area contributed by atoms with Crippen LogP contribution < -0.4 is 0 Å². The van der Waals surface area contributed by atoms with Crippen LogP contribution >= 0.6 is 0 Å². The van der Waals surface area contributed by atoms with Gasteiger partial charge in [-0.3, -0.25) is 4.90 Å². The molecule has 0 spiro atoms. The molecule has 0 unspecified atom stereocenters. The number of hydrogen-bond donors (Lipinski definition) is 0. The number of hydrogen-bond acceptors (Lipinski definition) is 2. The van der Waals surface area contributed by atoms with Crippen molar-refractivity contribution in [3.63, 3.8) is 0 Å². The third kappa shape index (κ3) is 2.95.